The van der Waals surface area contributed by atoms with Gasteiger partial charge in [0.25, 0.3) is 0 Å². The normalized spacial score (nSPS) is 20.0. The van der Waals surface area contributed by atoms with Crippen molar-refractivity contribution < 1.29 is 19.1 Å². The summed E-state index contributed by atoms with van der Waals surface area (Å²) in [7, 11) is 0. The molecular weight excluding hydrogens is 394 g/mol. The second-order valence-electron chi connectivity index (χ2n) is 9.42. The summed E-state index contributed by atoms with van der Waals surface area (Å²) in [6.07, 6.45) is 4.67. The molecular formula is C24H43N3O4. The Bertz CT molecular complexity index is 643. The van der Waals surface area contributed by atoms with E-state index in [1.165, 1.54) is 0 Å². The Morgan fingerprint density at radius 3 is 2.19 bits per heavy atom. The number of amides is 2. The summed E-state index contributed by atoms with van der Waals surface area (Å²) in [6, 6.07) is -0.892. The maximum Gasteiger partial charge on any atom is 0.333 e. The lowest BCUT2D eigenvalue weighted by Crippen LogP contribution is -2.58. The molecule has 1 rings (SSSR count). The number of hydrogen-bond donors (Lipinski definition) is 2. The largest absolute Gasteiger partial charge is 0.463 e. The molecule has 0 radical (unpaired) electrons. The van der Waals surface area contributed by atoms with Crippen molar-refractivity contribution in [3.05, 3.63) is 11.6 Å². The molecule has 7 heteroatoms. The predicted octanol–water partition coefficient (Wildman–Crippen LogP) is 3.04. The van der Waals surface area contributed by atoms with Crippen LogP contribution < -0.4 is 10.6 Å². The standard InChI is InChI=1S/C24H43N3O4/c1-9-31-24(30)18(8)14-19(15(2)3)25-23(29)21(16(4)5)26-22(28)20-12-10-11-13-27(20)17(6)7/h14-17,19-21H,9-13H2,1-8H3,(H,25,29)(H,26,28)/b18-14+/t19-,20?,21?/m1/s1. The highest BCUT2D eigenvalue weighted by atomic mass is 16.5. The summed E-state index contributed by atoms with van der Waals surface area (Å²) in [4.78, 5) is 40.4. The molecule has 7 nitrogen and oxygen atoms in total. The summed E-state index contributed by atoms with van der Waals surface area (Å²) in [5.74, 6) is -0.694. The highest BCUT2D eigenvalue weighted by Gasteiger charge is 2.34. The molecule has 2 unspecified atom stereocenters. The van der Waals surface area contributed by atoms with Crippen LogP contribution >= 0.6 is 0 Å². The van der Waals surface area contributed by atoms with Gasteiger partial charge in [0, 0.05) is 11.6 Å². The molecule has 31 heavy (non-hydrogen) atoms. The lowest BCUT2D eigenvalue weighted by atomic mass is 9.96. The van der Waals surface area contributed by atoms with Gasteiger partial charge in [-0.1, -0.05) is 40.2 Å². The molecule has 0 aliphatic carbocycles. The van der Waals surface area contributed by atoms with E-state index >= 15 is 0 Å². The molecule has 0 aromatic heterocycles. The van der Waals surface area contributed by atoms with E-state index in [0.717, 1.165) is 25.8 Å². The lowest BCUT2D eigenvalue weighted by molar-refractivity contribution is -0.138. The van der Waals surface area contributed by atoms with Gasteiger partial charge in [-0.2, -0.15) is 0 Å². The van der Waals surface area contributed by atoms with Gasteiger partial charge in [0.2, 0.25) is 11.8 Å². The minimum absolute atomic E-state index is 0.0667. The van der Waals surface area contributed by atoms with Crippen LogP contribution in [0, 0.1) is 11.8 Å². The van der Waals surface area contributed by atoms with Crippen LogP contribution in [0.3, 0.4) is 0 Å². The summed E-state index contributed by atoms with van der Waals surface area (Å²) in [5.41, 5.74) is 0.459. The predicted molar refractivity (Wildman–Crippen MR) is 123 cm³/mol. The molecule has 1 aliphatic rings. The van der Waals surface area contributed by atoms with Crippen molar-refractivity contribution in [1.29, 1.82) is 0 Å². The van der Waals surface area contributed by atoms with E-state index in [4.69, 9.17) is 4.74 Å². The van der Waals surface area contributed by atoms with Crippen LogP contribution in [0.2, 0.25) is 0 Å². The van der Waals surface area contributed by atoms with Crippen LogP contribution in [-0.4, -0.2) is 60.0 Å². The van der Waals surface area contributed by atoms with Gasteiger partial charge < -0.3 is 15.4 Å². The Balaban J connectivity index is 2.93. The number of piperidine rings is 1. The van der Waals surface area contributed by atoms with Crippen LogP contribution in [0.15, 0.2) is 11.6 Å². The number of ether oxygens (including phenoxy) is 1. The first kappa shape index (κ1) is 27.1. The Labute approximate surface area is 188 Å². The molecule has 1 fully saturated rings. The number of likely N-dealkylation sites (tertiary alicyclic amines) is 1. The summed E-state index contributed by atoms with van der Waals surface area (Å²) in [6.45, 7) is 16.7. The molecule has 1 aliphatic heterocycles. The molecule has 1 heterocycles. The molecule has 0 saturated carbocycles. The van der Waals surface area contributed by atoms with Gasteiger partial charge in [-0.3, -0.25) is 14.5 Å². The average Bonchev–Trinajstić information content (AvgIpc) is 2.70. The quantitative estimate of drug-likeness (QED) is 0.405. The van der Waals surface area contributed by atoms with E-state index in [2.05, 4.69) is 29.4 Å². The highest BCUT2D eigenvalue weighted by molar-refractivity contribution is 5.91. The van der Waals surface area contributed by atoms with Gasteiger partial charge in [0.05, 0.1) is 18.7 Å². The minimum Gasteiger partial charge on any atom is -0.463 e. The van der Waals surface area contributed by atoms with E-state index < -0.39 is 6.04 Å². The third-order valence-electron chi connectivity index (χ3n) is 5.81. The summed E-state index contributed by atoms with van der Waals surface area (Å²) in [5, 5.41) is 6.02. The van der Waals surface area contributed by atoms with Crippen molar-refractivity contribution in [3.8, 4) is 0 Å². The van der Waals surface area contributed by atoms with Crippen molar-refractivity contribution in [2.24, 2.45) is 11.8 Å². The van der Waals surface area contributed by atoms with Crippen molar-refractivity contribution in [2.75, 3.05) is 13.2 Å². The van der Waals surface area contributed by atoms with Crippen LogP contribution in [-0.2, 0) is 19.1 Å². The molecule has 3 atom stereocenters. The number of nitrogens with one attached hydrogen (secondary N) is 2. The van der Waals surface area contributed by atoms with Gasteiger partial charge in [-0.05, 0) is 58.9 Å². The Morgan fingerprint density at radius 2 is 1.68 bits per heavy atom. The SMILES string of the molecule is CCOC(=O)/C(C)=C/[C@@H](NC(=O)C(NC(=O)C1CCCCN1C(C)C)C(C)C)C(C)C. The van der Waals surface area contributed by atoms with Crippen molar-refractivity contribution in [2.45, 2.75) is 98.8 Å². The zero-order valence-corrected chi connectivity index (χ0v) is 20.7. The van der Waals surface area contributed by atoms with Crippen molar-refractivity contribution in [3.63, 3.8) is 0 Å². The highest BCUT2D eigenvalue weighted by Crippen LogP contribution is 2.20. The van der Waals surface area contributed by atoms with Crippen LogP contribution in [0.1, 0.15) is 74.7 Å². The smallest absolute Gasteiger partial charge is 0.333 e. The van der Waals surface area contributed by atoms with Crippen molar-refractivity contribution in [1.82, 2.24) is 15.5 Å². The first-order valence-corrected chi connectivity index (χ1v) is 11.7. The molecule has 0 aromatic carbocycles. The maximum atomic E-state index is 13.1. The molecule has 0 spiro atoms. The second kappa shape index (κ2) is 12.8. The van der Waals surface area contributed by atoms with E-state index in [1.807, 2.05) is 27.7 Å². The van der Waals surface area contributed by atoms with Gasteiger partial charge in [-0.25, -0.2) is 4.79 Å². The number of rotatable bonds is 10. The molecule has 0 aromatic rings. The zero-order chi connectivity index (χ0) is 23.7. The fourth-order valence-corrected chi connectivity index (χ4v) is 3.88. The number of esters is 1. The van der Waals surface area contributed by atoms with Gasteiger partial charge in [0.1, 0.15) is 6.04 Å². The van der Waals surface area contributed by atoms with Gasteiger partial charge in [0.15, 0.2) is 0 Å². The lowest BCUT2D eigenvalue weighted by Gasteiger charge is -2.38. The maximum absolute atomic E-state index is 13.1. The fraction of sp³-hybridized carbons (Fsp3) is 0.792. The molecule has 0 bridgehead atoms. The van der Waals surface area contributed by atoms with Crippen molar-refractivity contribution >= 4 is 17.8 Å². The van der Waals surface area contributed by atoms with E-state index in [-0.39, 0.29) is 47.7 Å². The minimum atomic E-state index is -0.638. The van der Waals surface area contributed by atoms with Gasteiger partial charge in [-0.15, -0.1) is 0 Å². The van der Waals surface area contributed by atoms with Gasteiger partial charge >= 0.3 is 5.97 Å². The summed E-state index contributed by atoms with van der Waals surface area (Å²) >= 11 is 0. The van der Waals surface area contributed by atoms with Crippen LogP contribution in [0.25, 0.3) is 0 Å². The second-order valence-corrected chi connectivity index (χ2v) is 9.42. The Morgan fingerprint density at radius 1 is 1.03 bits per heavy atom. The van der Waals surface area contributed by atoms with E-state index in [9.17, 15) is 14.4 Å². The van der Waals surface area contributed by atoms with Crippen LogP contribution in [0.4, 0.5) is 0 Å². The number of carbonyl (C=O) groups excluding carboxylic acids is 3. The molecule has 2 amide bonds. The Hall–Kier alpha value is -1.89. The molecule has 178 valence electrons. The number of nitrogens with zero attached hydrogens (tertiary/aromatic N) is 1. The zero-order valence-electron chi connectivity index (χ0n) is 20.7. The fourth-order valence-electron chi connectivity index (χ4n) is 3.88. The van der Waals surface area contributed by atoms with E-state index in [0.29, 0.717) is 12.2 Å². The first-order valence-electron chi connectivity index (χ1n) is 11.7. The molecule has 1 saturated heterocycles. The van der Waals surface area contributed by atoms with E-state index in [1.54, 1.807) is 19.9 Å². The monoisotopic (exact) mass is 437 g/mol. The van der Waals surface area contributed by atoms with Crippen LogP contribution in [0.5, 0.6) is 0 Å². The third-order valence-corrected chi connectivity index (χ3v) is 5.81. The third kappa shape index (κ3) is 8.28. The summed E-state index contributed by atoms with van der Waals surface area (Å²) < 4.78 is 5.04. The Kier molecular flexibility index (Phi) is 11.2. The molecule has 2 N–H and O–H groups in total. The number of hydrogen-bond acceptors (Lipinski definition) is 5. The first-order chi connectivity index (χ1) is 14.5. The average molecular weight is 438 g/mol. The topological polar surface area (TPSA) is 87.7 Å². The number of carbonyl (C=O) groups is 3.